The monoisotopic (exact) mass is 271 g/mol. The first-order chi connectivity index (χ1) is 8.42. The summed E-state index contributed by atoms with van der Waals surface area (Å²) in [5.41, 5.74) is 0. The normalized spacial score (nSPS) is 12.3. The van der Waals surface area contributed by atoms with Crippen LogP contribution in [0.3, 0.4) is 0 Å². The number of hydrogen-bond acceptors (Lipinski definition) is 3. The van der Waals surface area contributed by atoms with Crippen molar-refractivity contribution >= 4 is 0 Å². The van der Waals surface area contributed by atoms with Crippen LogP contribution in [-0.2, 0) is 9.47 Å². The van der Waals surface area contributed by atoms with E-state index in [1.54, 1.807) is 0 Å². The minimum atomic E-state index is -4.22. The molecule has 0 saturated carbocycles. The van der Waals surface area contributed by atoms with Gasteiger partial charge in [-0.15, -0.1) is 0 Å². The van der Waals surface area contributed by atoms with Gasteiger partial charge in [-0.25, -0.2) is 0 Å². The van der Waals surface area contributed by atoms with Gasteiger partial charge < -0.3 is 14.8 Å². The zero-order chi connectivity index (χ0) is 13.9. The van der Waals surface area contributed by atoms with E-state index in [0.29, 0.717) is 18.9 Å². The summed E-state index contributed by atoms with van der Waals surface area (Å²) in [5.74, 6) is 0.545. The minimum absolute atomic E-state index is 0.135. The maximum Gasteiger partial charge on any atom is 0.411 e. The fourth-order valence-corrected chi connectivity index (χ4v) is 1.23. The average molecular weight is 271 g/mol. The van der Waals surface area contributed by atoms with Crippen molar-refractivity contribution < 1.29 is 22.6 Å². The first-order valence-electron chi connectivity index (χ1n) is 6.35. The molecule has 0 aliphatic heterocycles. The quantitative estimate of drug-likeness (QED) is 0.586. The van der Waals surface area contributed by atoms with Gasteiger partial charge in [0.15, 0.2) is 0 Å². The van der Waals surface area contributed by atoms with E-state index < -0.39 is 12.8 Å². The number of ether oxygens (including phenoxy) is 2. The zero-order valence-corrected chi connectivity index (χ0v) is 11.2. The molecular formula is C12H24F3NO2. The Balaban J connectivity index is 3.04. The summed E-state index contributed by atoms with van der Waals surface area (Å²) < 4.78 is 45.0. The molecule has 0 aliphatic carbocycles. The maximum atomic E-state index is 11.7. The molecule has 0 aromatic carbocycles. The molecule has 0 aromatic rings. The van der Waals surface area contributed by atoms with Crippen LogP contribution in [0, 0.1) is 5.92 Å². The number of nitrogens with one attached hydrogen (secondary N) is 1. The summed E-state index contributed by atoms with van der Waals surface area (Å²) in [5, 5.41) is 3.13. The highest BCUT2D eigenvalue weighted by Crippen LogP contribution is 2.14. The lowest BCUT2D eigenvalue weighted by Gasteiger charge is -2.09. The molecule has 1 N–H and O–H groups in total. The number of hydrogen-bond donors (Lipinski definition) is 1. The van der Waals surface area contributed by atoms with Crippen LogP contribution in [0.4, 0.5) is 13.2 Å². The fraction of sp³-hybridized carbons (Fsp3) is 1.00. The molecule has 0 aromatic heterocycles. The van der Waals surface area contributed by atoms with Gasteiger partial charge in [0.2, 0.25) is 0 Å². The first kappa shape index (κ1) is 17.7. The molecule has 6 heteroatoms. The topological polar surface area (TPSA) is 30.5 Å². The highest BCUT2D eigenvalue weighted by molar-refractivity contribution is 4.50. The maximum absolute atomic E-state index is 11.7. The summed E-state index contributed by atoms with van der Waals surface area (Å²) in [6.07, 6.45) is -2.72. The van der Waals surface area contributed by atoms with Gasteiger partial charge in [-0.05, 0) is 31.8 Å². The van der Waals surface area contributed by atoms with Gasteiger partial charge in [-0.3, -0.25) is 0 Å². The summed E-state index contributed by atoms with van der Waals surface area (Å²) >= 11 is 0. The molecule has 0 atom stereocenters. The highest BCUT2D eigenvalue weighted by Gasteiger charge is 2.27. The lowest BCUT2D eigenvalue weighted by molar-refractivity contribution is -0.173. The van der Waals surface area contributed by atoms with Crippen molar-refractivity contribution in [3.05, 3.63) is 0 Å². The van der Waals surface area contributed by atoms with Crippen LogP contribution < -0.4 is 5.32 Å². The molecule has 0 radical (unpaired) electrons. The van der Waals surface area contributed by atoms with E-state index in [1.807, 2.05) is 0 Å². The van der Waals surface area contributed by atoms with Gasteiger partial charge in [0.1, 0.15) is 6.61 Å². The number of alkyl halides is 3. The molecule has 0 saturated heterocycles. The molecule has 0 amide bonds. The Kier molecular flexibility index (Phi) is 10.4. The van der Waals surface area contributed by atoms with E-state index in [1.165, 1.54) is 0 Å². The third-order valence-corrected chi connectivity index (χ3v) is 2.00. The van der Waals surface area contributed by atoms with Crippen molar-refractivity contribution in [2.24, 2.45) is 5.92 Å². The number of halogens is 3. The fourth-order valence-electron chi connectivity index (χ4n) is 1.23. The summed E-state index contributed by atoms with van der Waals surface area (Å²) in [6, 6.07) is 0. The highest BCUT2D eigenvalue weighted by atomic mass is 19.4. The van der Waals surface area contributed by atoms with E-state index in [4.69, 9.17) is 4.74 Å². The van der Waals surface area contributed by atoms with Crippen LogP contribution in [0.2, 0.25) is 0 Å². The molecule has 3 nitrogen and oxygen atoms in total. The van der Waals surface area contributed by atoms with Crippen LogP contribution in [0.5, 0.6) is 0 Å². The third kappa shape index (κ3) is 15.7. The van der Waals surface area contributed by atoms with Gasteiger partial charge in [0.05, 0.1) is 0 Å². The lowest BCUT2D eigenvalue weighted by atomic mass is 10.2. The Morgan fingerprint density at radius 2 is 1.56 bits per heavy atom. The second-order valence-corrected chi connectivity index (χ2v) is 4.59. The second kappa shape index (κ2) is 10.6. The van der Waals surface area contributed by atoms with Gasteiger partial charge >= 0.3 is 6.18 Å². The largest absolute Gasteiger partial charge is 0.411 e. The van der Waals surface area contributed by atoms with E-state index >= 15 is 0 Å². The summed E-state index contributed by atoms with van der Waals surface area (Å²) in [7, 11) is 0. The molecule has 0 spiro atoms. The first-order valence-corrected chi connectivity index (χ1v) is 6.35. The van der Waals surface area contributed by atoms with E-state index in [2.05, 4.69) is 23.9 Å². The standard InChI is InChI=1S/C12H24F3NO2/c1-11(2)9-17-7-3-5-16-6-4-8-18-10-12(13,14)15/h11,16H,3-10H2,1-2H3. The second-order valence-electron chi connectivity index (χ2n) is 4.59. The molecule has 0 bridgehead atoms. The molecule has 110 valence electrons. The molecule has 0 fully saturated rings. The van der Waals surface area contributed by atoms with E-state index in [0.717, 1.165) is 26.2 Å². The molecule has 0 heterocycles. The van der Waals surface area contributed by atoms with E-state index in [9.17, 15) is 13.2 Å². The van der Waals surface area contributed by atoms with Crippen molar-refractivity contribution in [2.45, 2.75) is 32.9 Å². The van der Waals surface area contributed by atoms with Crippen molar-refractivity contribution in [1.82, 2.24) is 5.32 Å². The van der Waals surface area contributed by atoms with Gasteiger partial charge in [0.25, 0.3) is 0 Å². The predicted octanol–water partition coefficient (Wildman–Crippen LogP) is 2.61. The summed E-state index contributed by atoms with van der Waals surface area (Å²) in [6.45, 7) is 6.14. The van der Waals surface area contributed by atoms with Crippen molar-refractivity contribution in [3.63, 3.8) is 0 Å². The van der Waals surface area contributed by atoms with Crippen molar-refractivity contribution in [3.8, 4) is 0 Å². The number of rotatable bonds is 11. The Labute approximate surface area is 107 Å². The van der Waals surface area contributed by atoms with Gasteiger partial charge in [-0.1, -0.05) is 13.8 Å². The molecular weight excluding hydrogens is 247 g/mol. The summed E-state index contributed by atoms with van der Waals surface area (Å²) in [4.78, 5) is 0. The Bertz CT molecular complexity index is 187. The van der Waals surface area contributed by atoms with Crippen LogP contribution >= 0.6 is 0 Å². The lowest BCUT2D eigenvalue weighted by Crippen LogP contribution is -2.21. The molecule has 0 rings (SSSR count). The average Bonchev–Trinajstić information content (AvgIpc) is 2.24. The van der Waals surface area contributed by atoms with Crippen LogP contribution in [-0.4, -0.2) is 45.7 Å². The molecule has 0 aliphatic rings. The predicted molar refractivity (Wildman–Crippen MR) is 64.6 cm³/mol. The zero-order valence-electron chi connectivity index (χ0n) is 11.2. The Morgan fingerprint density at radius 3 is 2.06 bits per heavy atom. The Hall–Kier alpha value is -0.330. The van der Waals surface area contributed by atoms with Gasteiger partial charge in [0, 0.05) is 19.8 Å². The van der Waals surface area contributed by atoms with E-state index in [-0.39, 0.29) is 6.61 Å². The van der Waals surface area contributed by atoms with Crippen molar-refractivity contribution in [2.75, 3.05) is 39.5 Å². The third-order valence-electron chi connectivity index (χ3n) is 2.00. The van der Waals surface area contributed by atoms with Crippen LogP contribution in [0.15, 0.2) is 0 Å². The Morgan fingerprint density at radius 1 is 1.00 bits per heavy atom. The van der Waals surface area contributed by atoms with Crippen molar-refractivity contribution in [1.29, 1.82) is 0 Å². The van der Waals surface area contributed by atoms with Gasteiger partial charge in [-0.2, -0.15) is 13.2 Å². The molecule has 18 heavy (non-hydrogen) atoms. The molecule has 0 unspecified atom stereocenters. The van der Waals surface area contributed by atoms with Crippen LogP contribution in [0.1, 0.15) is 26.7 Å². The van der Waals surface area contributed by atoms with Crippen LogP contribution in [0.25, 0.3) is 0 Å². The SMILES string of the molecule is CC(C)COCCCNCCCOCC(F)(F)F. The smallest absolute Gasteiger partial charge is 0.381 e. The minimum Gasteiger partial charge on any atom is -0.381 e.